The van der Waals surface area contributed by atoms with Crippen LogP contribution in [0.2, 0.25) is 0 Å². The van der Waals surface area contributed by atoms with Gasteiger partial charge in [-0.1, -0.05) is 0 Å². The van der Waals surface area contributed by atoms with Crippen LogP contribution in [0.4, 0.5) is 11.6 Å². The van der Waals surface area contributed by atoms with Gasteiger partial charge in [0.1, 0.15) is 23.9 Å². The maximum Gasteiger partial charge on any atom is 0.319 e. The monoisotopic (exact) mass is 425 g/mol. The summed E-state index contributed by atoms with van der Waals surface area (Å²) in [5.41, 5.74) is 12.7. The van der Waals surface area contributed by atoms with Crippen molar-refractivity contribution in [3.63, 3.8) is 0 Å². The molecule has 2 fully saturated rings. The molecule has 2 saturated heterocycles. The fraction of sp³-hybridized carbons (Fsp3) is 0.476. The van der Waals surface area contributed by atoms with Crippen LogP contribution in [0.3, 0.4) is 0 Å². The molecular weight excluding hydrogens is 398 g/mol. The van der Waals surface area contributed by atoms with E-state index in [0.29, 0.717) is 42.6 Å². The van der Waals surface area contributed by atoms with Gasteiger partial charge in [0.2, 0.25) is 0 Å². The number of carbonyl (C=O) groups is 1. The first-order chi connectivity index (χ1) is 15.0. The minimum Gasteiger partial charge on any atom is -0.461 e. The van der Waals surface area contributed by atoms with Gasteiger partial charge in [0.25, 0.3) is 5.91 Å². The number of nitrogens with two attached hydrogens (primary N) is 2. The number of carbonyl (C=O) groups excluding carboxylic acids is 1. The number of nitrogens with zero attached hydrogens (tertiary/aromatic N) is 4. The number of amides is 1. The molecule has 2 aromatic heterocycles. The first kappa shape index (κ1) is 21.0. The van der Waals surface area contributed by atoms with Crippen LogP contribution in [0.15, 0.2) is 24.4 Å². The molecule has 1 atom stereocenters. The van der Waals surface area contributed by atoms with Gasteiger partial charge in [0, 0.05) is 49.2 Å². The summed E-state index contributed by atoms with van der Waals surface area (Å²) in [5, 5.41) is 8.54. The third kappa shape index (κ3) is 4.91. The fourth-order valence-electron chi connectivity index (χ4n) is 3.97. The Morgan fingerprint density at radius 3 is 2.77 bits per heavy atom. The van der Waals surface area contributed by atoms with Gasteiger partial charge in [-0.05, 0) is 37.8 Å². The van der Waals surface area contributed by atoms with Gasteiger partial charge in [0.05, 0.1) is 6.10 Å². The zero-order valence-electron chi connectivity index (χ0n) is 17.3. The van der Waals surface area contributed by atoms with Crippen molar-refractivity contribution in [2.24, 2.45) is 11.7 Å². The number of hydrogen-bond acceptors (Lipinski definition) is 9. The summed E-state index contributed by atoms with van der Waals surface area (Å²) in [6.07, 6.45) is 5.11. The molecule has 164 valence electrons. The first-order valence-electron chi connectivity index (χ1n) is 10.5. The van der Waals surface area contributed by atoms with Crippen molar-refractivity contribution in [2.45, 2.75) is 31.8 Å². The molecule has 0 aromatic carbocycles. The Morgan fingerprint density at radius 1 is 1.29 bits per heavy atom. The van der Waals surface area contributed by atoms with E-state index in [1.54, 1.807) is 18.3 Å². The lowest BCUT2D eigenvalue weighted by Crippen LogP contribution is -2.37. The van der Waals surface area contributed by atoms with Gasteiger partial charge >= 0.3 is 6.01 Å². The van der Waals surface area contributed by atoms with E-state index < -0.39 is 5.91 Å². The smallest absolute Gasteiger partial charge is 0.319 e. The van der Waals surface area contributed by atoms with Gasteiger partial charge < -0.3 is 31.3 Å². The highest BCUT2D eigenvalue weighted by Gasteiger charge is 2.26. The number of nitrogens with one attached hydrogen (secondary N) is 1. The highest BCUT2D eigenvalue weighted by Crippen LogP contribution is 2.27. The van der Waals surface area contributed by atoms with Crippen molar-refractivity contribution in [1.29, 1.82) is 5.41 Å². The van der Waals surface area contributed by atoms with E-state index in [2.05, 4.69) is 19.9 Å². The maximum atomic E-state index is 11.8. The van der Waals surface area contributed by atoms with Crippen LogP contribution in [0.5, 0.6) is 6.01 Å². The summed E-state index contributed by atoms with van der Waals surface area (Å²) < 4.78 is 11.3. The van der Waals surface area contributed by atoms with E-state index in [0.717, 1.165) is 32.3 Å². The molecule has 2 aliphatic rings. The number of anilines is 2. The number of hydrogen-bond donors (Lipinski definition) is 3. The number of pyridine rings is 1. The summed E-state index contributed by atoms with van der Waals surface area (Å²) in [7, 11) is 0. The van der Waals surface area contributed by atoms with E-state index in [1.165, 1.54) is 0 Å². The molecule has 1 amide bonds. The Hall–Kier alpha value is -3.27. The second-order valence-corrected chi connectivity index (χ2v) is 7.82. The molecule has 1 unspecified atom stereocenters. The lowest BCUT2D eigenvalue weighted by molar-refractivity contribution is 0.0644. The average Bonchev–Trinajstić information content (AvgIpc) is 3.31. The van der Waals surface area contributed by atoms with Crippen molar-refractivity contribution < 1.29 is 14.3 Å². The van der Waals surface area contributed by atoms with Crippen LogP contribution in [0, 0.1) is 11.3 Å². The summed E-state index contributed by atoms with van der Waals surface area (Å²) in [6, 6.07) is 5.34. The van der Waals surface area contributed by atoms with Gasteiger partial charge in [-0.3, -0.25) is 4.79 Å². The van der Waals surface area contributed by atoms with Crippen molar-refractivity contribution in [1.82, 2.24) is 15.0 Å². The summed E-state index contributed by atoms with van der Waals surface area (Å²) in [4.78, 5) is 26.5. The Kier molecular flexibility index (Phi) is 6.26. The van der Waals surface area contributed by atoms with Crippen LogP contribution < -0.4 is 21.1 Å². The molecule has 0 aliphatic carbocycles. The van der Waals surface area contributed by atoms with E-state index in [1.807, 2.05) is 6.07 Å². The first-order valence-corrected chi connectivity index (χ1v) is 10.5. The quantitative estimate of drug-likeness (QED) is 0.563. The van der Waals surface area contributed by atoms with Crippen molar-refractivity contribution >= 4 is 23.3 Å². The van der Waals surface area contributed by atoms with Crippen LogP contribution >= 0.6 is 0 Å². The van der Waals surface area contributed by atoms with E-state index in [9.17, 15) is 4.79 Å². The second kappa shape index (κ2) is 9.25. The van der Waals surface area contributed by atoms with Gasteiger partial charge in [-0.2, -0.15) is 9.97 Å². The lowest BCUT2D eigenvalue weighted by Gasteiger charge is -2.33. The molecule has 5 N–H and O–H groups in total. The van der Waals surface area contributed by atoms with Gasteiger partial charge in [-0.15, -0.1) is 0 Å². The molecule has 0 spiro atoms. The Labute approximate surface area is 180 Å². The Morgan fingerprint density at radius 2 is 2.10 bits per heavy atom. The van der Waals surface area contributed by atoms with Gasteiger partial charge in [-0.25, -0.2) is 4.98 Å². The SMILES string of the molecule is N=C(c1cccnc1N)C1CCN(c2cc(C(N)=O)nc(OCC3CCCO3)n2)CC1. The maximum absolute atomic E-state index is 11.8. The van der Waals surface area contributed by atoms with Crippen molar-refractivity contribution in [2.75, 3.05) is 36.9 Å². The number of aromatic nitrogens is 3. The number of ether oxygens (including phenoxy) is 2. The number of piperidine rings is 1. The summed E-state index contributed by atoms with van der Waals surface area (Å²) in [5.74, 6) is 0.423. The third-order valence-corrected chi connectivity index (χ3v) is 5.72. The molecule has 4 heterocycles. The minimum absolute atomic E-state index is 0.0194. The molecule has 31 heavy (non-hydrogen) atoms. The topological polar surface area (TPSA) is 153 Å². The molecule has 4 rings (SSSR count). The zero-order valence-corrected chi connectivity index (χ0v) is 17.3. The second-order valence-electron chi connectivity index (χ2n) is 7.82. The predicted octanol–water partition coefficient (Wildman–Crippen LogP) is 1.39. The number of rotatable bonds is 7. The minimum atomic E-state index is -0.630. The molecule has 0 radical (unpaired) electrons. The highest BCUT2D eigenvalue weighted by atomic mass is 16.5. The van der Waals surface area contributed by atoms with Crippen molar-refractivity contribution in [3.8, 4) is 6.01 Å². The molecular formula is C21H27N7O3. The molecule has 2 aromatic rings. The van der Waals surface area contributed by atoms with Gasteiger partial charge in [0.15, 0.2) is 0 Å². The van der Waals surface area contributed by atoms with E-state index >= 15 is 0 Å². The highest BCUT2D eigenvalue weighted by molar-refractivity contribution is 6.03. The number of nitrogen functional groups attached to an aromatic ring is 1. The Balaban J connectivity index is 1.43. The van der Waals surface area contributed by atoms with Crippen LogP contribution in [0.1, 0.15) is 41.7 Å². The molecule has 2 aliphatic heterocycles. The molecule has 10 nitrogen and oxygen atoms in total. The largest absolute Gasteiger partial charge is 0.461 e. The third-order valence-electron chi connectivity index (χ3n) is 5.72. The molecule has 0 saturated carbocycles. The zero-order chi connectivity index (χ0) is 21.8. The van der Waals surface area contributed by atoms with Crippen LogP contribution in [-0.2, 0) is 4.74 Å². The summed E-state index contributed by atoms with van der Waals surface area (Å²) in [6.45, 7) is 2.42. The average molecular weight is 425 g/mol. The van der Waals surface area contributed by atoms with E-state index in [4.69, 9.17) is 26.4 Å². The van der Waals surface area contributed by atoms with Crippen LogP contribution in [0.25, 0.3) is 0 Å². The lowest BCUT2D eigenvalue weighted by atomic mass is 9.88. The fourth-order valence-corrected chi connectivity index (χ4v) is 3.97. The van der Waals surface area contributed by atoms with Crippen molar-refractivity contribution in [3.05, 3.63) is 35.7 Å². The predicted molar refractivity (Wildman–Crippen MR) is 115 cm³/mol. The van der Waals surface area contributed by atoms with E-state index in [-0.39, 0.29) is 23.7 Å². The molecule has 0 bridgehead atoms. The number of primary amides is 1. The Bertz CT molecular complexity index is 954. The molecule has 10 heteroatoms. The normalized spacial score (nSPS) is 19.4. The summed E-state index contributed by atoms with van der Waals surface area (Å²) >= 11 is 0. The van der Waals surface area contributed by atoms with Crippen LogP contribution in [-0.4, -0.2) is 59.0 Å². The standard InChI is InChI=1S/C21H27N7O3/c22-18(15-4-1-7-25-19(15)23)13-5-8-28(9-6-13)17-11-16(20(24)29)26-21(27-17)31-12-14-3-2-10-30-14/h1,4,7,11,13-14,22H,2-3,5-6,8-10,12H2,(H2,23,25)(H2,24,29).